The van der Waals surface area contributed by atoms with Crippen LogP contribution < -0.4 is 0 Å². The van der Waals surface area contributed by atoms with Gasteiger partial charge < -0.3 is 13.9 Å². The molecule has 1 aliphatic heterocycles. The zero-order valence-corrected chi connectivity index (χ0v) is 16.9. The van der Waals surface area contributed by atoms with E-state index >= 15 is 0 Å². The number of carbonyl (C=O) groups excluding carboxylic acids is 2. The highest BCUT2D eigenvalue weighted by Gasteiger charge is 2.34. The minimum atomic E-state index is -1.05. The van der Waals surface area contributed by atoms with Gasteiger partial charge in [0.2, 0.25) is 0 Å². The second kappa shape index (κ2) is 7.81. The van der Waals surface area contributed by atoms with Crippen molar-refractivity contribution in [3.63, 3.8) is 0 Å². The van der Waals surface area contributed by atoms with Gasteiger partial charge in [-0.3, -0.25) is 0 Å². The van der Waals surface area contributed by atoms with Crippen LogP contribution in [0.2, 0.25) is 0 Å². The lowest BCUT2D eigenvalue weighted by atomic mass is 10.1. The van der Waals surface area contributed by atoms with E-state index in [9.17, 15) is 9.59 Å². The van der Waals surface area contributed by atoms with Crippen LogP contribution in [0.1, 0.15) is 17.6 Å². The second-order valence-corrected chi connectivity index (χ2v) is 8.60. The molecule has 1 saturated heterocycles. The van der Waals surface area contributed by atoms with Gasteiger partial charge in [0, 0.05) is 11.6 Å². The van der Waals surface area contributed by atoms with Crippen molar-refractivity contribution in [1.82, 2.24) is 4.98 Å². The Morgan fingerprint density at radius 3 is 2.40 bits per heavy atom. The van der Waals surface area contributed by atoms with E-state index in [1.807, 2.05) is 30.3 Å². The van der Waals surface area contributed by atoms with Gasteiger partial charge in [0.25, 0.3) is 6.29 Å². The molecule has 0 spiro atoms. The second-order valence-electron chi connectivity index (χ2n) is 6.32. The maximum Gasteiger partial charge on any atom is 0.349 e. The van der Waals surface area contributed by atoms with Gasteiger partial charge in [-0.25, -0.2) is 14.6 Å². The molecule has 1 fully saturated rings. The fourth-order valence-electron chi connectivity index (χ4n) is 2.88. The number of nitrogens with zero attached hydrogens (tertiary/aromatic N) is 1. The normalized spacial score (nSPS) is 16.4. The van der Waals surface area contributed by atoms with E-state index in [1.165, 1.54) is 17.8 Å². The van der Waals surface area contributed by atoms with Gasteiger partial charge >= 0.3 is 11.9 Å². The molecule has 8 heteroatoms. The minimum absolute atomic E-state index is 0.215. The average molecular weight is 435 g/mol. The van der Waals surface area contributed by atoms with E-state index in [1.54, 1.807) is 47.7 Å². The van der Waals surface area contributed by atoms with Gasteiger partial charge in [-0.1, -0.05) is 42.5 Å². The molecular formula is C22H13NO5S2. The Bertz CT molecular complexity index is 1220. The van der Waals surface area contributed by atoms with E-state index < -0.39 is 18.2 Å². The fourth-order valence-corrected chi connectivity index (χ4v) is 4.85. The van der Waals surface area contributed by atoms with Crippen molar-refractivity contribution < 1.29 is 23.5 Å². The third-order valence-corrected chi connectivity index (χ3v) is 6.31. The Balaban J connectivity index is 1.32. The molecular weight excluding hydrogens is 422 g/mol. The van der Waals surface area contributed by atoms with Crippen molar-refractivity contribution in [2.45, 2.75) is 15.7 Å². The summed E-state index contributed by atoms with van der Waals surface area (Å²) in [6.45, 7) is 0. The van der Waals surface area contributed by atoms with Crippen molar-refractivity contribution in [1.29, 1.82) is 0 Å². The highest BCUT2D eigenvalue weighted by atomic mass is 32.2. The first-order valence-electron chi connectivity index (χ1n) is 8.97. The van der Waals surface area contributed by atoms with E-state index in [0.29, 0.717) is 16.4 Å². The number of cyclic esters (lactones) is 2. The van der Waals surface area contributed by atoms with Gasteiger partial charge in [-0.2, -0.15) is 0 Å². The Morgan fingerprint density at radius 1 is 0.900 bits per heavy atom. The number of para-hydroxylation sites is 1. The monoisotopic (exact) mass is 435 g/mol. The predicted molar refractivity (Wildman–Crippen MR) is 112 cm³/mol. The van der Waals surface area contributed by atoms with Gasteiger partial charge in [-0.05, 0) is 36.0 Å². The van der Waals surface area contributed by atoms with Crippen molar-refractivity contribution >= 4 is 51.3 Å². The van der Waals surface area contributed by atoms with Crippen LogP contribution in [0.25, 0.3) is 16.3 Å². The molecule has 148 valence electrons. The van der Waals surface area contributed by atoms with Crippen molar-refractivity contribution in [3.8, 4) is 0 Å². The largest absolute Gasteiger partial charge is 0.450 e. The summed E-state index contributed by atoms with van der Waals surface area (Å²) in [5.41, 5.74) is 1.30. The zero-order chi connectivity index (χ0) is 20.5. The van der Waals surface area contributed by atoms with Crippen LogP contribution in [0.4, 0.5) is 0 Å². The number of carbonyl (C=O) groups is 2. The van der Waals surface area contributed by atoms with Crippen LogP contribution in [0.3, 0.4) is 0 Å². The summed E-state index contributed by atoms with van der Waals surface area (Å²) in [6.07, 6.45) is 0.277. The maximum atomic E-state index is 12.3. The molecule has 5 rings (SSSR count). The summed E-state index contributed by atoms with van der Waals surface area (Å²) < 4.78 is 18.2. The Kier molecular flexibility index (Phi) is 4.86. The van der Waals surface area contributed by atoms with Gasteiger partial charge in [0.05, 0.1) is 10.2 Å². The maximum absolute atomic E-state index is 12.3. The molecule has 4 aromatic rings. The third-order valence-electron chi connectivity index (χ3n) is 4.29. The number of fused-ring (bicyclic) bond motifs is 1. The first-order chi connectivity index (χ1) is 14.7. The first kappa shape index (κ1) is 18.7. The van der Waals surface area contributed by atoms with Crippen LogP contribution in [0, 0.1) is 0 Å². The first-order valence-corrected chi connectivity index (χ1v) is 10.6. The van der Waals surface area contributed by atoms with E-state index in [-0.39, 0.29) is 5.57 Å². The van der Waals surface area contributed by atoms with Crippen LogP contribution >= 0.6 is 23.1 Å². The number of esters is 2. The number of hydrogen-bond donors (Lipinski definition) is 0. The van der Waals surface area contributed by atoms with Gasteiger partial charge in [-0.15, -0.1) is 11.3 Å². The number of hydrogen-bond acceptors (Lipinski definition) is 8. The van der Waals surface area contributed by atoms with Crippen LogP contribution in [-0.2, 0) is 19.1 Å². The van der Waals surface area contributed by atoms with E-state index in [0.717, 1.165) is 14.6 Å². The molecule has 0 bridgehead atoms. The number of benzene rings is 2. The smallest absolute Gasteiger partial charge is 0.349 e. The molecule has 2 aromatic carbocycles. The molecule has 0 radical (unpaired) electrons. The topological polar surface area (TPSA) is 78.6 Å². The number of ether oxygens (including phenoxy) is 2. The van der Waals surface area contributed by atoms with Crippen molar-refractivity contribution in [2.24, 2.45) is 0 Å². The molecule has 0 N–H and O–H groups in total. The Hall–Kier alpha value is -3.36. The quantitative estimate of drug-likeness (QED) is 0.247. The van der Waals surface area contributed by atoms with Crippen LogP contribution in [0.15, 0.2) is 86.2 Å². The van der Waals surface area contributed by atoms with Crippen LogP contribution in [0.5, 0.6) is 0 Å². The van der Waals surface area contributed by atoms with Crippen molar-refractivity contribution in [2.75, 3.05) is 0 Å². The number of rotatable bonds is 4. The summed E-state index contributed by atoms with van der Waals surface area (Å²) in [4.78, 5) is 29.2. The Labute approximate surface area is 179 Å². The molecule has 30 heavy (non-hydrogen) atoms. The summed E-state index contributed by atoms with van der Waals surface area (Å²) >= 11 is 2.94. The lowest BCUT2D eigenvalue weighted by Crippen LogP contribution is -2.29. The summed E-state index contributed by atoms with van der Waals surface area (Å²) in [5.74, 6) is -1.16. The molecule has 0 amide bonds. The fraction of sp³-hybridized carbons (Fsp3) is 0.0455. The summed E-state index contributed by atoms with van der Waals surface area (Å²) in [5, 5.41) is 0.598. The van der Waals surface area contributed by atoms with Gasteiger partial charge in [0.1, 0.15) is 11.3 Å². The molecule has 3 heterocycles. The third kappa shape index (κ3) is 3.74. The van der Waals surface area contributed by atoms with Crippen LogP contribution in [-0.4, -0.2) is 16.9 Å². The number of furan rings is 1. The lowest BCUT2D eigenvalue weighted by Gasteiger charge is -2.23. The zero-order valence-electron chi connectivity index (χ0n) is 15.3. The summed E-state index contributed by atoms with van der Waals surface area (Å²) in [6, 6.07) is 20.1. The minimum Gasteiger partial charge on any atom is -0.450 e. The molecule has 0 atom stereocenters. The standard InChI is InChI=1S/C22H13NO5S2/c24-19-15(20(25)28-21(27-19)13-6-2-1-3-7-13)12-14-10-11-18(26-14)30-22-23-16-8-4-5-9-17(16)29-22/h1-12,21H. The molecule has 1 aliphatic rings. The molecule has 6 nitrogen and oxygen atoms in total. The number of aromatic nitrogens is 1. The van der Waals surface area contributed by atoms with Gasteiger partial charge in [0.15, 0.2) is 9.43 Å². The predicted octanol–water partition coefficient (Wildman–Crippen LogP) is 5.22. The molecule has 0 unspecified atom stereocenters. The Morgan fingerprint density at radius 2 is 1.63 bits per heavy atom. The molecule has 0 saturated carbocycles. The lowest BCUT2D eigenvalue weighted by molar-refractivity contribution is -0.195. The average Bonchev–Trinajstić information content (AvgIpc) is 3.37. The van der Waals surface area contributed by atoms with E-state index in [2.05, 4.69) is 4.98 Å². The molecule has 2 aromatic heterocycles. The van der Waals surface area contributed by atoms with Crippen molar-refractivity contribution in [3.05, 3.63) is 83.6 Å². The highest BCUT2D eigenvalue weighted by molar-refractivity contribution is 8.01. The SMILES string of the molecule is O=C1OC(c2ccccc2)OC(=O)C1=Cc1ccc(Sc2nc3ccccc3s2)o1. The highest BCUT2D eigenvalue weighted by Crippen LogP contribution is 2.35. The number of thiazole rings is 1. The molecule has 0 aliphatic carbocycles. The van der Waals surface area contributed by atoms with E-state index in [4.69, 9.17) is 13.9 Å². The summed E-state index contributed by atoms with van der Waals surface area (Å²) in [7, 11) is 0.